The number of nitrogen functional groups attached to an aromatic ring is 1. The van der Waals surface area contributed by atoms with E-state index < -0.39 is 0 Å². The Kier molecular flexibility index (Phi) is 4.77. The number of aromatic nitrogens is 1. The Balaban J connectivity index is 2.29. The van der Waals surface area contributed by atoms with Crippen molar-refractivity contribution in [3.8, 4) is 0 Å². The lowest BCUT2D eigenvalue weighted by Gasteiger charge is -2.34. The van der Waals surface area contributed by atoms with E-state index in [-0.39, 0.29) is 6.04 Å². The van der Waals surface area contributed by atoms with Crippen LogP contribution in [0.2, 0.25) is 0 Å². The minimum absolute atomic E-state index is 0.0604. The van der Waals surface area contributed by atoms with Crippen molar-refractivity contribution in [2.45, 2.75) is 30.4 Å². The van der Waals surface area contributed by atoms with Gasteiger partial charge >= 0.3 is 0 Å². The number of anilines is 1. The third-order valence-electron chi connectivity index (χ3n) is 3.17. The van der Waals surface area contributed by atoms with E-state index in [0.717, 1.165) is 16.9 Å². The summed E-state index contributed by atoms with van der Waals surface area (Å²) in [7, 11) is 0. The van der Waals surface area contributed by atoms with Crippen LogP contribution in [0, 0.1) is 6.92 Å². The third kappa shape index (κ3) is 2.93. The number of hydrazine groups is 1. The third-order valence-corrected chi connectivity index (χ3v) is 6.36. The molecule has 0 radical (unpaired) electrons. The molecule has 4 nitrogen and oxygen atoms in total. The maximum atomic E-state index is 6.00. The first-order valence-corrected chi connectivity index (χ1v) is 8.14. The van der Waals surface area contributed by atoms with Gasteiger partial charge in [-0.15, -0.1) is 0 Å². The fourth-order valence-corrected chi connectivity index (χ4v) is 5.15. The van der Waals surface area contributed by atoms with E-state index in [1.54, 1.807) is 6.20 Å². The van der Waals surface area contributed by atoms with Crippen molar-refractivity contribution in [1.82, 2.24) is 10.4 Å². The molecule has 3 atom stereocenters. The largest absolute Gasteiger partial charge is 0.383 e. The Hall–Kier alpha value is -0.430. The minimum atomic E-state index is 0.0604. The van der Waals surface area contributed by atoms with Crippen LogP contribution < -0.4 is 17.0 Å². The molecule has 18 heavy (non-hydrogen) atoms. The quantitative estimate of drug-likeness (QED) is 0.579. The topological polar surface area (TPSA) is 77.0 Å². The molecule has 0 aromatic carbocycles. The zero-order chi connectivity index (χ0) is 13.1. The molecular formula is C12H20N4S2. The summed E-state index contributed by atoms with van der Waals surface area (Å²) < 4.78 is 0. The predicted octanol–water partition coefficient (Wildman–Crippen LogP) is 1.71. The van der Waals surface area contributed by atoms with Gasteiger partial charge in [-0.25, -0.2) is 4.98 Å². The fourth-order valence-electron chi connectivity index (χ4n) is 2.23. The molecule has 1 aromatic heterocycles. The van der Waals surface area contributed by atoms with Crippen molar-refractivity contribution in [2.75, 3.05) is 17.2 Å². The predicted molar refractivity (Wildman–Crippen MR) is 81.6 cm³/mol. The molecule has 6 heteroatoms. The van der Waals surface area contributed by atoms with E-state index in [1.165, 1.54) is 5.75 Å². The first-order chi connectivity index (χ1) is 8.63. The van der Waals surface area contributed by atoms with E-state index in [9.17, 15) is 0 Å². The van der Waals surface area contributed by atoms with Gasteiger partial charge in [-0.1, -0.05) is 6.92 Å². The zero-order valence-electron chi connectivity index (χ0n) is 10.7. The van der Waals surface area contributed by atoms with Gasteiger partial charge in [0.05, 0.1) is 6.04 Å². The van der Waals surface area contributed by atoms with Crippen LogP contribution in [-0.4, -0.2) is 27.0 Å². The lowest BCUT2D eigenvalue weighted by molar-refractivity contribution is 0.527. The molecule has 0 bridgehead atoms. The second-order valence-corrected chi connectivity index (χ2v) is 7.31. The second-order valence-electron chi connectivity index (χ2n) is 4.54. The van der Waals surface area contributed by atoms with E-state index >= 15 is 0 Å². The molecule has 100 valence electrons. The second kappa shape index (κ2) is 6.14. The van der Waals surface area contributed by atoms with Crippen molar-refractivity contribution >= 4 is 29.3 Å². The van der Waals surface area contributed by atoms with Gasteiger partial charge in [0, 0.05) is 33.8 Å². The van der Waals surface area contributed by atoms with Gasteiger partial charge in [0.15, 0.2) is 0 Å². The molecule has 3 unspecified atom stereocenters. The number of thioether (sulfide) groups is 2. The number of hydrogen-bond donors (Lipinski definition) is 3. The number of pyridine rings is 1. The summed E-state index contributed by atoms with van der Waals surface area (Å²) in [5.41, 5.74) is 11.1. The van der Waals surface area contributed by atoms with Crippen LogP contribution in [0.4, 0.5) is 5.82 Å². The van der Waals surface area contributed by atoms with E-state index in [1.807, 2.05) is 30.4 Å². The SMILES string of the molecule is Cc1cnc(N)c(C(NN)C2SCCSC2C)c1. The molecule has 5 N–H and O–H groups in total. The Bertz CT molecular complexity index is 413. The normalized spacial score (nSPS) is 25.9. The number of aryl methyl sites for hydroxylation is 1. The monoisotopic (exact) mass is 284 g/mol. The molecule has 0 amide bonds. The summed E-state index contributed by atoms with van der Waals surface area (Å²) in [4.78, 5) is 4.23. The molecule has 2 rings (SSSR count). The smallest absolute Gasteiger partial charge is 0.128 e. The van der Waals surface area contributed by atoms with Crippen LogP contribution in [0.5, 0.6) is 0 Å². The number of nitrogens with one attached hydrogen (secondary N) is 1. The van der Waals surface area contributed by atoms with Gasteiger partial charge in [-0.05, 0) is 18.6 Å². The molecule has 0 saturated carbocycles. The minimum Gasteiger partial charge on any atom is -0.383 e. The zero-order valence-corrected chi connectivity index (χ0v) is 12.4. The standard InChI is InChI=1S/C12H20N4S2/c1-7-5-9(12(13)15-6-7)10(16-14)11-8(2)17-3-4-18-11/h5-6,8,10-11,16H,3-4,14H2,1-2H3,(H2,13,15). The fraction of sp³-hybridized carbons (Fsp3) is 0.583. The highest BCUT2D eigenvalue weighted by Gasteiger charge is 2.32. The highest BCUT2D eigenvalue weighted by molar-refractivity contribution is 8.07. The molecule has 1 saturated heterocycles. The summed E-state index contributed by atoms with van der Waals surface area (Å²) in [6.45, 7) is 4.28. The van der Waals surface area contributed by atoms with Crippen LogP contribution >= 0.6 is 23.5 Å². The van der Waals surface area contributed by atoms with E-state index in [2.05, 4.69) is 23.4 Å². The van der Waals surface area contributed by atoms with Gasteiger partial charge in [0.25, 0.3) is 0 Å². The molecule has 1 aliphatic rings. The summed E-state index contributed by atoms with van der Waals surface area (Å²) in [6, 6.07) is 2.14. The van der Waals surface area contributed by atoms with Gasteiger partial charge in [-0.2, -0.15) is 23.5 Å². The van der Waals surface area contributed by atoms with Gasteiger partial charge < -0.3 is 5.73 Å². The number of nitrogens with zero attached hydrogens (tertiary/aromatic N) is 1. The van der Waals surface area contributed by atoms with Crippen LogP contribution in [0.1, 0.15) is 24.1 Å². The average molecular weight is 284 g/mol. The van der Waals surface area contributed by atoms with Crippen LogP contribution in [0.3, 0.4) is 0 Å². The first kappa shape index (κ1) is 14.0. The van der Waals surface area contributed by atoms with Crippen LogP contribution in [0.15, 0.2) is 12.3 Å². The molecule has 2 heterocycles. The van der Waals surface area contributed by atoms with Crippen molar-refractivity contribution in [3.05, 3.63) is 23.4 Å². The summed E-state index contributed by atoms with van der Waals surface area (Å²) in [5.74, 6) is 8.71. The molecule has 0 spiro atoms. The maximum Gasteiger partial charge on any atom is 0.128 e. The summed E-state index contributed by atoms with van der Waals surface area (Å²) >= 11 is 3.96. The number of rotatable bonds is 3. The molecule has 0 aliphatic carbocycles. The van der Waals surface area contributed by atoms with Crippen LogP contribution in [0.25, 0.3) is 0 Å². The van der Waals surface area contributed by atoms with Gasteiger partial charge in [-0.3, -0.25) is 11.3 Å². The lowest BCUT2D eigenvalue weighted by atomic mass is 10.0. The van der Waals surface area contributed by atoms with Crippen molar-refractivity contribution in [3.63, 3.8) is 0 Å². The molecular weight excluding hydrogens is 264 g/mol. The summed E-state index contributed by atoms with van der Waals surface area (Å²) in [5, 5.41) is 0.990. The van der Waals surface area contributed by atoms with E-state index in [0.29, 0.717) is 16.3 Å². The van der Waals surface area contributed by atoms with Gasteiger partial charge in [0.2, 0.25) is 0 Å². The first-order valence-electron chi connectivity index (χ1n) is 6.05. The highest BCUT2D eigenvalue weighted by atomic mass is 32.2. The summed E-state index contributed by atoms with van der Waals surface area (Å²) in [6.07, 6.45) is 1.79. The molecule has 1 aliphatic heterocycles. The Labute approximate surface area is 117 Å². The van der Waals surface area contributed by atoms with Gasteiger partial charge in [0.1, 0.15) is 5.82 Å². The van der Waals surface area contributed by atoms with Crippen molar-refractivity contribution < 1.29 is 0 Å². The Morgan fingerprint density at radius 3 is 2.83 bits per heavy atom. The van der Waals surface area contributed by atoms with Crippen molar-refractivity contribution in [2.24, 2.45) is 5.84 Å². The maximum absolute atomic E-state index is 6.00. The Morgan fingerprint density at radius 2 is 2.17 bits per heavy atom. The molecule has 1 aromatic rings. The van der Waals surface area contributed by atoms with Crippen molar-refractivity contribution in [1.29, 1.82) is 0 Å². The Morgan fingerprint density at radius 1 is 1.44 bits per heavy atom. The number of nitrogens with two attached hydrogens (primary N) is 2. The molecule has 1 fully saturated rings. The van der Waals surface area contributed by atoms with E-state index in [4.69, 9.17) is 11.6 Å². The average Bonchev–Trinajstić information content (AvgIpc) is 2.36. The highest BCUT2D eigenvalue weighted by Crippen LogP contribution is 2.39. The number of hydrogen-bond acceptors (Lipinski definition) is 6. The van der Waals surface area contributed by atoms with Crippen LogP contribution in [-0.2, 0) is 0 Å². The lowest BCUT2D eigenvalue weighted by Crippen LogP contribution is -2.41.